The molecule has 0 saturated carbocycles. The summed E-state index contributed by atoms with van der Waals surface area (Å²) in [6.45, 7) is 4.19. The van der Waals surface area contributed by atoms with Crippen molar-refractivity contribution in [1.82, 2.24) is 0 Å². The Morgan fingerprint density at radius 3 is 2.37 bits per heavy atom. The number of carbonyl (C=O) groups is 1. The van der Waals surface area contributed by atoms with Gasteiger partial charge in [0.25, 0.3) is 0 Å². The summed E-state index contributed by atoms with van der Waals surface area (Å²) in [5.74, 6) is -0.351. The fourth-order valence-corrected chi connectivity index (χ4v) is 1.85. The second kappa shape index (κ2) is 5.57. The standard InChI is InChI=1S/C16H17NO2/c1-11-3-5-13(6-4-11)10-19-16(18)14-7-12(2)8-15(17)9-14/h3-9H,10,17H2,1-2H3. The molecule has 19 heavy (non-hydrogen) atoms. The van der Waals surface area contributed by atoms with Crippen LogP contribution in [0, 0.1) is 13.8 Å². The van der Waals surface area contributed by atoms with E-state index in [9.17, 15) is 4.79 Å². The molecule has 0 radical (unpaired) electrons. The highest BCUT2D eigenvalue weighted by Crippen LogP contribution is 2.13. The van der Waals surface area contributed by atoms with E-state index in [1.165, 1.54) is 5.56 Å². The first-order valence-electron chi connectivity index (χ1n) is 6.14. The number of carbonyl (C=O) groups excluding carboxylic acids is 1. The van der Waals surface area contributed by atoms with Crippen molar-refractivity contribution < 1.29 is 9.53 Å². The lowest BCUT2D eigenvalue weighted by molar-refractivity contribution is 0.0472. The normalized spacial score (nSPS) is 10.2. The number of benzene rings is 2. The van der Waals surface area contributed by atoms with Gasteiger partial charge in [0.1, 0.15) is 6.61 Å². The van der Waals surface area contributed by atoms with E-state index in [0.29, 0.717) is 11.3 Å². The van der Waals surface area contributed by atoms with Crippen LogP contribution in [0.15, 0.2) is 42.5 Å². The number of nitrogen functional groups attached to an aromatic ring is 1. The average Bonchev–Trinajstić information content (AvgIpc) is 2.36. The SMILES string of the molecule is Cc1ccc(COC(=O)c2cc(C)cc(N)c2)cc1. The smallest absolute Gasteiger partial charge is 0.338 e. The third-order valence-corrected chi connectivity index (χ3v) is 2.83. The minimum absolute atomic E-state index is 0.271. The lowest BCUT2D eigenvalue weighted by atomic mass is 10.1. The predicted octanol–water partition coefficient (Wildman–Crippen LogP) is 3.24. The van der Waals surface area contributed by atoms with Gasteiger partial charge in [0.2, 0.25) is 0 Å². The molecule has 0 unspecified atom stereocenters. The Morgan fingerprint density at radius 1 is 1.05 bits per heavy atom. The van der Waals surface area contributed by atoms with Crippen molar-refractivity contribution in [3.63, 3.8) is 0 Å². The third-order valence-electron chi connectivity index (χ3n) is 2.83. The molecule has 2 aromatic rings. The summed E-state index contributed by atoms with van der Waals surface area (Å²) in [5, 5.41) is 0. The maximum Gasteiger partial charge on any atom is 0.338 e. The van der Waals surface area contributed by atoms with Crippen molar-refractivity contribution in [3.05, 3.63) is 64.7 Å². The van der Waals surface area contributed by atoms with E-state index >= 15 is 0 Å². The van der Waals surface area contributed by atoms with E-state index in [1.807, 2.05) is 44.2 Å². The number of hydrogen-bond donors (Lipinski definition) is 1. The van der Waals surface area contributed by atoms with Crippen molar-refractivity contribution in [3.8, 4) is 0 Å². The van der Waals surface area contributed by atoms with Crippen LogP contribution in [0.1, 0.15) is 27.0 Å². The predicted molar refractivity (Wildman–Crippen MR) is 75.9 cm³/mol. The second-order valence-electron chi connectivity index (χ2n) is 4.69. The van der Waals surface area contributed by atoms with Gasteiger partial charge in [0.05, 0.1) is 5.56 Å². The fourth-order valence-electron chi connectivity index (χ4n) is 1.85. The van der Waals surface area contributed by atoms with Crippen molar-refractivity contribution in [1.29, 1.82) is 0 Å². The highest BCUT2D eigenvalue weighted by atomic mass is 16.5. The molecule has 98 valence electrons. The van der Waals surface area contributed by atoms with Crippen LogP contribution in [0.25, 0.3) is 0 Å². The minimum Gasteiger partial charge on any atom is -0.457 e. The quantitative estimate of drug-likeness (QED) is 0.676. The molecule has 3 nitrogen and oxygen atoms in total. The summed E-state index contributed by atoms with van der Waals surface area (Å²) < 4.78 is 5.27. The Hall–Kier alpha value is -2.29. The molecular formula is C16H17NO2. The van der Waals surface area contributed by atoms with E-state index in [0.717, 1.165) is 11.1 Å². The molecular weight excluding hydrogens is 238 g/mol. The van der Waals surface area contributed by atoms with Gasteiger partial charge in [-0.2, -0.15) is 0 Å². The molecule has 2 N–H and O–H groups in total. The van der Waals surface area contributed by atoms with E-state index in [-0.39, 0.29) is 12.6 Å². The van der Waals surface area contributed by atoms with Gasteiger partial charge in [-0.3, -0.25) is 0 Å². The zero-order valence-electron chi connectivity index (χ0n) is 11.1. The summed E-state index contributed by atoms with van der Waals surface area (Å²) in [5.41, 5.74) is 9.88. The first kappa shape index (κ1) is 13.1. The Labute approximate surface area is 113 Å². The molecule has 0 aliphatic carbocycles. The number of nitrogens with two attached hydrogens (primary N) is 1. The largest absolute Gasteiger partial charge is 0.457 e. The topological polar surface area (TPSA) is 52.3 Å². The summed E-state index contributed by atoms with van der Waals surface area (Å²) in [6, 6.07) is 13.1. The van der Waals surface area contributed by atoms with Crippen LogP contribution in [-0.4, -0.2) is 5.97 Å². The Morgan fingerprint density at radius 2 is 1.74 bits per heavy atom. The summed E-state index contributed by atoms with van der Waals surface area (Å²) in [4.78, 5) is 11.9. The molecule has 0 fully saturated rings. The van der Waals surface area contributed by atoms with Crippen LogP contribution in [0.2, 0.25) is 0 Å². The number of anilines is 1. The van der Waals surface area contributed by atoms with Gasteiger partial charge in [-0.15, -0.1) is 0 Å². The lowest BCUT2D eigenvalue weighted by Crippen LogP contribution is -2.06. The number of aryl methyl sites for hydroxylation is 2. The van der Waals surface area contributed by atoms with Crippen LogP contribution >= 0.6 is 0 Å². The van der Waals surface area contributed by atoms with Gasteiger partial charge in [-0.25, -0.2) is 4.79 Å². The van der Waals surface area contributed by atoms with Crippen LogP contribution in [0.3, 0.4) is 0 Å². The van der Waals surface area contributed by atoms with Gasteiger partial charge < -0.3 is 10.5 Å². The van der Waals surface area contributed by atoms with Crippen molar-refractivity contribution in [2.45, 2.75) is 20.5 Å². The van der Waals surface area contributed by atoms with E-state index < -0.39 is 0 Å². The van der Waals surface area contributed by atoms with Gasteiger partial charge >= 0.3 is 5.97 Å². The molecule has 0 spiro atoms. The molecule has 0 aliphatic rings. The maximum atomic E-state index is 11.9. The van der Waals surface area contributed by atoms with Gasteiger partial charge in [-0.1, -0.05) is 29.8 Å². The van der Waals surface area contributed by atoms with Crippen LogP contribution < -0.4 is 5.73 Å². The van der Waals surface area contributed by atoms with Crippen LogP contribution in [0.4, 0.5) is 5.69 Å². The third kappa shape index (κ3) is 3.58. The minimum atomic E-state index is -0.351. The Bertz CT molecular complexity index is 568. The van der Waals surface area contributed by atoms with E-state index in [1.54, 1.807) is 12.1 Å². The van der Waals surface area contributed by atoms with E-state index in [4.69, 9.17) is 10.5 Å². The molecule has 0 saturated heterocycles. The number of esters is 1. The lowest BCUT2D eigenvalue weighted by Gasteiger charge is -2.07. The highest BCUT2D eigenvalue weighted by Gasteiger charge is 2.08. The second-order valence-corrected chi connectivity index (χ2v) is 4.69. The molecule has 0 aromatic heterocycles. The fraction of sp³-hybridized carbons (Fsp3) is 0.188. The van der Waals surface area contributed by atoms with Crippen molar-refractivity contribution >= 4 is 11.7 Å². The molecule has 0 amide bonds. The zero-order chi connectivity index (χ0) is 13.8. The van der Waals surface area contributed by atoms with Gasteiger partial charge in [0, 0.05) is 5.69 Å². The van der Waals surface area contributed by atoms with Crippen molar-refractivity contribution in [2.75, 3.05) is 5.73 Å². The van der Waals surface area contributed by atoms with E-state index in [2.05, 4.69) is 0 Å². The molecule has 0 atom stereocenters. The maximum absolute atomic E-state index is 11.9. The average molecular weight is 255 g/mol. The van der Waals surface area contributed by atoms with Crippen LogP contribution in [0.5, 0.6) is 0 Å². The van der Waals surface area contributed by atoms with Crippen LogP contribution in [-0.2, 0) is 11.3 Å². The highest BCUT2D eigenvalue weighted by molar-refractivity contribution is 5.90. The Kier molecular flexibility index (Phi) is 3.85. The zero-order valence-corrected chi connectivity index (χ0v) is 11.1. The summed E-state index contributed by atoms with van der Waals surface area (Å²) >= 11 is 0. The van der Waals surface area contributed by atoms with Gasteiger partial charge in [-0.05, 0) is 43.2 Å². The number of rotatable bonds is 3. The monoisotopic (exact) mass is 255 g/mol. The molecule has 2 aromatic carbocycles. The number of ether oxygens (including phenoxy) is 1. The van der Waals surface area contributed by atoms with Crippen molar-refractivity contribution in [2.24, 2.45) is 0 Å². The number of hydrogen-bond acceptors (Lipinski definition) is 3. The molecule has 0 aliphatic heterocycles. The molecule has 2 rings (SSSR count). The molecule has 0 heterocycles. The first-order valence-corrected chi connectivity index (χ1v) is 6.14. The summed E-state index contributed by atoms with van der Waals surface area (Å²) in [7, 11) is 0. The first-order chi connectivity index (χ1) is 9.04. The Balaban J connectivity index is 2.03. The van der Waals surface area contributed by atoms with Gasteiger partial charge in [0.15, 0.2) is 0 Å². The summed E-state index contributed by atoms with van der Waals surface area (Å²) in [6.07, 6.45) is 0. The molecule has 3 heteroatoms. The molecule has 0 bridgehead atoms.